The molecule has 8 nitrogen and oxygen atoms in total. The van der Waals surface area contributed by atoms with Crippen molar-refractivity contribution >= 4 is 144 Å². The Morgan fingerprint density at radius 1 is 0.193 bits per heavy atom. The maximum atomic E-state index is 4.97. The van der Waals surface area contributed by atoms with Crippen LogP contribution < -0.4 is 19.6 Å². The van der Waals surface area contributed by atoms with Crippen molar-refractivity contribution < 1.29 is 0 Å². The van der Waals surface area contributed by atoms with Gasteiger partial charge < -0.3 is 19.6 Å². The SMILES string of the molecule is Cc1ccccc1N(c1ccnc2ccccc12)c1cc(N(c2ccccc2C)c2ccnc3ccccc23)c2ccc3c(N(c4ccccc4C)c4ccnc5ccccc45)cc(N(c4ccccc4C)c4ccnc5ccccc45)c4ccc1c2c43. The Balaban J connectivity index is 1.15. The zero-order valence-corrected chi connectivity index (χ0v) is 49.1. The Bertz CT molecular complexity index is 4720. The quantitative estimate of drug-likeness (QED) is 0.112. The summed E-state index contributed by atoms with van der Waals surface area (Å²) in [5, 5.41) is 10.7. The van der Waals surface area contributed by atoms with Crippen molar-refractivity contribution in [1.29, 1.82) is 0 Å². The van der Waals surface area contributed by atoms with Crippen molar-refractivity contribution in [2.75, 3.05) is 19.6 Å². The van der Waals surface area contributed by atoms with Gasteiger partial charge >= 0.3 is 0 Å². The van der Waals surface area contributed by atoms with E-state index in [1.54, 1.807) is 0 Å². The molecule has 0 aliphatic rings. The number of pyridine rings is 4. The second-order valence-electron chi connectivity index (χ2n) is 22.8. The van der Waals surface area contributed by atoms with Crippen LogP contribution in [0.2, 0.25) is 0 Å². The summed E-state index contributed by atoms with van der Waals surface area (Å²) in [5.41, 5.74) is 20.5. The Hall–Kier alpha value is -11.5. The normalized spacial score (nSPS) is 11.6. The molecule has 4 aromatic heterocycles. The summed E-state index contributed by atoms with van der Waals surface area (Å²) in [6.45, 7) is 8.87. The lowest BCUT2D eigenvalue weighted by molar-refractivity contribution is 1.23. The molecule has 0 aliphatic heterocycles. The molecule has 0 atom stereocenters. The van der Waals surface area contributed by atoms with E-state index in [1.807, 2.05) is 24.8 Å². The van der Waals surface area contributed by atoms with Gasteiger partial charge in [-0.05, 0) is 135 Å². The van der Waals surface area contributed by atoms with Crippen molar-refractivity contribution in [3.05, 3.63) is 302 Å². The molecule has 16 rings (SSSR count). The summed E-state index contributed by atoms with van der Waals surface area (Å²) >= 11 is 0. The number of aromatic nitrogens is 4. The third-order valence-electron chi connectivity index (χ3n) is 17.7. The molecule has 0 aliphatic carbocycles. The maximum absolute atomic E-state index is 4.97. The van der Waals surface area contributed by atoms with E-state index in [-0.39, 0.29) is 0 Å². The van der Waals surface area contributed by atoms with Gasteiger partial charge in [-0.3, -0.25) is 19.9 Å². The molecule has 0 N–H and O–H groups in total. The summed E-state index contributed by atoms with van der Waals surface area (Å²) in [7, 11) is 0. The Kier molecular flexibility index (Phi) is 12.6. The molecule has 8 heteroatoms. The molecule has 0 bridgehead atoms. The lowest BCUT2D eigenvalue weighted by Gasteiger charge is -2.36. The van der Waals surface area contributed by atoms with Crippen LogP contribution in [-0.2, 0) is 0 Å². The number of fused-ring (bicyclic) bond motifs is 4. The minimum atomic E-state index is 0.912. The minimum Gasteiger partial charge on any atom is -0.309 e. The predicted octanol–water partition coefficient (Wildman–Crippen LogP) is 21.9. The molecule has 418 valence electrons. The average Bonchev–Trinajstić information content (AvgIpc) is 0.717. The number of anilines is 12. The molecule has 0 saturated carbocycles. The van der Waals surface area contributed by atoms with E-state index < -0.39 is 0 Å². The average molecular weight is 1130 g/mol. The van der Waals surface area contributed by atoms with Gasteiger partial charge in [-0.2, -0.15) is 0 Å². The van der Waals surface area contributed by atoms with Gasteiger partial charge in [-0.15, -0.1) is 0 Å². The topological polar surface area (TPSA) is 64.5 Å². The van der Waals surface area contributed by atoms with Crippen LogP contribution in [-0.4, -0.2) is 19.9 Å². The zero-order valence-electron chi connectivity index (χ0n) is 49.1. The van der Waals surface area contributed by atoms with E-state index in [4.69, 9.17) is 19.9 Å². The second-order valence-corrected chi connectivity index (χ2v) is 22.8. The molecule has 88 heavy (non-hydrogen) atoms. The van der Waals surface area contributed by atoms with Crippen LogP contribution in [0.5, 0.6) is 0 Å². The van der Waals surface area contributed by atoms with Crippen LogP contribution in [0.15, 0.2) is 280 Å². The highest BCUT2D eigenvalue weighted by Gasteiger charge is 2.32. The Morgan fingerprint density at radius 3 is 0.648 bits per heavy atom. The summed E-state index contributed by atoms with van der Waals surface area (Å²) in [5.74, 6) is 0. The van der Waals surface area contributed by atoms with E-state index in [9.17, 15) is 0 Å². The summed E-state index contributed by atoms with van der Waals surface area (Å²) in [4.78, 5) is 29.8. The van der Waals surface area contributed by atoms with Crippen LogP contribution in [0.1, 0.15) is 22.3 Å². The van der Waals surface area contributed by atoms with Gasteiger partial charge in [0.1, 0.15) is 0 Å². The highest BCUT2D eigenvalue weighted by Crippen LogP contribution is 2.57. The molecular weight excluding hydrogens is 1070 g/mol. The molecule has 16 aromatic rings. The number of hydrogen-bond donors (Lipinski definition) is 0. The van der Waals surface area contributed by atoms with Crippen LogP contribution in [0.3, 0.4) is 0 Å². The lowest BCUT2D eigenvalue weighted by atomic mass is 9.88. The number of aryl methyl sites for hydroxylation is 4. The van der Waals surface area contributed by atoms with Gasteiger partial charge in [-0.25, -0.2) is 0 Å². The van der Waals surface area contributed by atoms with Gasteiger partial charge in [0.05, 0.1) is 67.6 Å². The lowest BCUT2D eigenvalue weighted by Crippen LogP contribution is -2.17. The van der Waals surface area contributed by atoms with E-state index in [1.165, 1.54) is 0 Å². The monoisotopic (exact) mass is 1130 g/mol. The standard InChI is InChI=1S/C80H58N8/c1-51-21-5-17-33-67(51)85(71-41-45-81-63-29-13-9-25-55(63)71)75-49-76(86(68-34-18-6-22-52(68)2)72-42-46-82-64-30-14-10-26-56(64)72)60-39-40-62-78(88(70-36-20-8-24-54(70)4)74-44-48-84-66-32-16-12-28-58(66)74)50-77(61-38-37-59(75)79(60)80(61)62)87(69-35-19-7-23-53(69)3)73-43-47-83-65-31-15-11-27-57(65)73/h5-50H,1-4H3. The van der Waals surface area contributed by atoms with Crippen LogP contribution in [0.4, 0.5) is 68.2 Å². The summed E-state index contributed by atoms with van der Waals surface area (Å²) in [6.07, 6.45) is 7.81. The first-order valence-corrected chi connectivity index (χ1v) is 29.9. The smallest absolute Gasteiger partial charge is 0.0723 e. The maximum Gasteiger partial charge on any atom is 0.0723 e. The first-order valence-electron chi connectivity index (χ1n) is 29.9. The third-order valence-corrected chi connectivity index (χ3v) is 17.7. The molecule has 4 heterocycles. The molecule has 0 fully saturated rings. The molecule has 0 spiro atoms. The first kappa shape index (κ1) is 52.1. The molecule has 0 unspecified atom stereocenters. The van der Waals surface area contributed by atoms with Gasteiger partial charge in [-0.1, -0.05) is 170 Å². The Labute approximate surface area is 510 Å². The van der Waals surface area contributed by atoms with Crippen molar-refractivity contribution in [2.45, 2.75) is 27.7 Å². The van der Waals surface area contributed by atoms with Crippen LogP contribution in [0.25, 0.3) is 75.9 Å². The Morgan fingerprint density at radius 2 is 0.409 bits per heavy atom. The highest BCUT2D eigenvalue weighted by molar-refractivity contribution is 6.33. The number of nitrogens with zero attached hydrogens (tertiary/aromatic N) is 8. The van der Waals surface area contributed by atoms with Gasteiger partial charge in [0.25, 0.3) is 0 Å². The van der Waals surface area contributed by atoms with Crippen molar-refractivity contribution in [1.82, 2.24) is 19.9 Å². The van der Waals surface area contributed by atoms with E-state index in [2.05, 4.69) is 302 Å². The second kappa shape index (κ2) is 21.2. The zero-order chi connectivity index (χ0) is 59.0. The number of para-hydroxylation sites is 8. The fraction of sp³-hybridized carbons (Fsp3) is 0.0500. The van der Waals surface area contributed by atoms with Gasteiger partial charge in [0.2, 0.25) is 0 Å². The minimum absolute atomic E-state index is 0.912. The van der Waals surface area contributed by atoms with Crippen molar-refractivity contribution in [2.24, 2.45) is 0 Å². The van der Waals surface area contributed by atoms with Gasteiger partial charge in [0, 0.05) is 101 Å². The van der Waals surface area contributed by atoms with E-state index in [0.717, 1.165) is 166 Å². The third kappa shape index (κ3) is 8.44. The fourth-order valence-electron chi connectivity index (χ4n) is 13.6. The predicted molar refractivity (Wildman–Crippen MR) is 369 cm³/mol. The summed E-state index contributed by atoms with van der Waals surface area (Å²) in [6, 6.07) is 92.2. The van der Waals surface area contributed by atoms with E-state index in [0.29, 0.717) is 0 Å². The molecule has 0 amide bonds. The number of rotatable bonds is 12. The largest absolute Gasteiger partial charge is 0.309 e. The van der Waals surface area contributed by atoms with Crippen LogP contribution in [0, 0.1) is 27.7 Å². The molecule has 12 aromatic carbocycles. The molecule has 0 radical (unpaired) electrons. The van der Waals surface area contributed by atoms with E-state index >= 15 is 0 Å². The fourth-order valence-corrected chi connectivity index (χ4v) is 13.6. The summed E-state index contributed by atoms with van der Waals surface area (Å²) < 4.78 is 0. The molecular formula is C80H58N8. The van der Waals surface area contributed by atoms with Crippen molar-refractivity contribution in [3.63, 3.8) is 0 Å². The first-order chi connectivity index (χ1) is 43.4. The van der Waals surface area contributed by atoms with Gasteiger partial charge in [0.15, 0.2) is 0 Å². The van der Waals surface area contributed by atoms with Crippen LogP contribution >= 0.6 is 0 Å². The number of benzene rings is 12. The van der Waals surface area contributed by atoms with Crippen molar-refractivity contribution in [3.8, 4) is 0 Å². The molecule has 0 saturated heterocycles. The highest BCUT2D eigenvalue weighted by atomic mass is 15.2. The number of hydrogen-bond acceptors (Lipinski definition) is 8.